The van der Waals surface area contributed by atoms with Crippen LogP contribution in [0.1, 0.15) is 126 Å². The number of hydrogen-bond acceptors (Lipinski definition) is 2. The van der Waals surface area contributed by atoms with E-state index in [2.05, 4.69) is 147 Å². The Balaban J connectivity index is 0.00000520. The summed E-state index contributed by atoms with van der Waals surface area (Å²) in [5.41, 5.74) is 13.4. The van der Waals surface area contributed by atoms with E-state index in [9.17, 15) is 0 Å². The maximum atomic E-state index is 5.34. The molecule has 0 aliphatic rings. The first-order valence-corrected chi connectivity index (χ1v) is 17.7. The zero-order valence-corrected chi connectivity index (χ0v) is 33.2. The first-order valence-electron chi connectivity index (χ1n) is 17.7. The maximum absolute atomic E-state index is 5.34. The van der Waals surface area contributed by atoms with Crippen molar-refractivity contribution in [2.24, 2.45) is 0 Å². The fourth-order valence-corrected chi connectivity index (χ4v) is 6.58. The van der Waals surface area contributed by atoms with Crippen molar-refractivity contribution in [3.8, 4) is 39.6 Å². The number of rotatable bonds is 11. The predicted molar refractivity (Wildman–Crippen MR) is 201 cm³/mol. The molecule has 4 aromatic carbocycles. The minimum Gasteiger partial charge on any atom is -0.257 e. The van der Waals surface area contributed by atoms with E-state index in [4.69, 9.17) is 10.1 Å². The van der Waals surface area contributed by atoms with Crippen molar-refractivity contribution in [1.82, 2.24) is 14.8 Å². The van der Waals surface area contributed by atoms with Gasteiger partial charge in [0.15, 0.2) is 5.82 Å². The summed E-state index contributed by atoms with van der Waals surface area (Å²) in [7, 11) is 0. The van der Waals surface area contributed by atoms with Gasteiger partial charge in [0.25, 0.3) is 0 Å². The zero-order valence-electron chi connectivity index (χ0n) is 30.8. The topological polar surface area (TPSA) is 30.7 Å². The molecule has 0 atom stereocenters. The van der Waals surface area contributed by atoms with Crippen molar-refractivity contribution in [2.45, 2.75) is 119 Å². The first-order chi connectivity index (χ1) is 22.3. The monoisotopic (exact) mass is 817 g/mol. The Morgan fingerprint density at radius 3 is 1.92 bits per heavy atom. The van der Waals surface area contributed by atoms with Gasteiger partial charge < -0.3 is 0 Å². The second kappa shape index (κ2) is 15.9. The SMILES string of the molecule is CCCCCCc1cc(C(C)C)c(-n2nc(-c3cc(C)cc(C)c3)nc2-c2[c-]ccc(-c3ccc(C(C)(C)C)cc3)c2)c(C(C)C)c1.[Ir]. The number of aryl methyl sites for hydroxylation is 3. The van der Waals surface area contributed by atoms with Gasteiger partial charge in [-0.25, -0.2) is 0 Å². The zero-order chi connectivity index (χ0) is 33.9. The molecule has 1 radical (unpaired) electrons. The largest absolute Gasteiger partial charge is 0.257 e. The number of hydrogen-bond donors (Lipinski definition) is 0. The van der Waals surface area contributed by atoms with Crippen molar-refractivity contribution >= 4 is 0 Å². The van der Waals surface area contributed by atoms with E-state index in [-0.39, 0.29) is 25.5 Å². The van der Waals surface area contributed by atoms with Crippen LogP contribution in [0.4, 0.5) is 0 Å². The minimum absolute atomic E-state index is 0. The molecule has 1 heterocycles. The van der Waals surface area contributed by atoms with Gasteiger partial charge in [0.1, 0.15) is 0 Å². The molecule has 0 saturated heterocycles. The molecule has 1 aromatic heterocycles. The summed E-state index contributed by atoms with van der Waals surface area (Å²) >= 11 is 0. The fraction of sp³-hybridized carbons (Fsp3) is 0.409. The maximum Gasteiger partial charge on any atom is 0.171 e. The van der Waals surface area contributed by atoms with Gasteiger partial charge in [0.05, 0.1) is 11.5 Å². The normalized spacial score (nSPS) is 11.8. The summed E-state index contributed by atoms with van der Waals surface area (Å²) in [6.07, 6.45) is 6.18. The van der Waals surface area contributed by atoms with Crippen LogP contribution in [0.15, 0.2) is 72.8 Å². The van der Waals surface area contributed by atoms with E-state index >= 15 is 0 Å². The molecule has 0 saturated carbocycles. The van der Waals surface area contributed by atoms with Crippen molar-refractivity contribution in [3.63, 3.8) is 0 Å². The van der Waals surface area contributed by atoms with Gasteiger partial charge in [0, 0.05) is 25.7 Å². The van der Waals surface area contributed by atoms with Crippen LogP contribution in [0.5, 0.6) is 0 Å². The Morgan fingerprint density at radius 1 is 0.729 bits per heavy atom. The smallest absolute Gasteiger partial charge is 0.171 e. The third-order valence-electron chi connectivity index (χ3n) is 9.22. The van der Waals surface area contributed by atoms with Gasteiger partial charge in [-0.1, -0.05) is 128 Å². The minimum atomic E-state index is 0. The summed E-state index contributed by atoms with van der Waals surface area (Å²) in [6, 6.07) is 30.4. The Morgan fingerprint density at radius 2 is 1.35 bits per heavy atom. The summed E-state index contributed by atoms with van der Waals surface area (Å²) in [5, 5.41) is 5.34. The number of unbranched alkanes of at least 4 members (excludes halogenated alkanes) is 3. The van der Waals surface area contributed by atoms with Gasteiger partial charge in [-0.05, 0) is 83.9 Å². The molecule has 0 aliphatic heterocycles. The van der Waals surface area contributed by atoms with Crippen LogP contribution in [0.25, 0.3) is 39.6 Å². The Kier molecular flexibility index (Phi) is 12.4. The quantitative estimate of drug-likeness (QED) is 0.0982. The molecule has 0 unspecified atom stereocenters. The number of aromatic nitrogens is 3. The molecular weight excluding hydrogens is 763 g/mol. The second-order valence-corrected chi connectivity index (χ2v) is 15.1. The molecule has 0 spiro atoms. The Bertz CT molecular complexity index is 1770. The van der Waals surface area contributed by atoms with E-state index in [1.165, 1.54) is 70.3 Å². The summed E-state index contributed by atoms with van der Waals surface area (Å²) in [4.78, 5) is 5.30. The van der Waals surface area contributed by atoms with Gasteiger partial charge in [-0.2, -0.15) is 5.10 Å². The molecule has 0 bridgehead atoms. The molecule has 48 heavy (non-hydrogen) atoms. The molecular formula is C44H54IrN3-. The van der Waals surface area contributed by atoms with Gasteiger partial charge in [-0.15, -0.1) is 35.4 Å². The molecule has 0 N–H and O–H groups in total. The van der Waals surface area contributed by atoms with Gasteiger partial charge in [0.2, 0.25) is 0 Å². The summed E-state index contributed by atoms with van der Waals surface area (Å²) in [6.45, 7) is 22.6. The van der Waals surface area contributed by atoms with Crippen LogP contribution in [-0.4, -0.2) is 14.8 Å². The second-order valence-electron chi connectivity index (χ2n) is 15.1. The molecule has 4 heteroatoms. The summed E-state index contributed by atoms with van der Waals surface area (Å²) in [5.74, 6) is 2.23. The van der Waals surface area contributed by atoms with Crippen LogP contribution in [-0.2, 0) is 31.9 Å². The van der Waals surface area contributed by atoms with Crippen LogP contribution in [0, 0.1) is 19.9 Å². The van der Waals surface area contributed by atoms with Crippen LogP contribution >= 0.6 is 0 Å². The Hall–Kier alpha value is -3.33. The van der Waals surface area contributed by atoms with Crippen molar-refractivity contribution < 1.29 is 20.1 Å². The van der Waals surface area contributed by atoms with Gasteiger partial charge >= 0.3 is 0 Å². The fourth-order valence-electron chi connectivity index (χ4n) is 6.58. The van der Waals surface area contributed by atoms with Crippen molar-refractivity contribution in [3.05, 3.63) is 112 Å². The van der Waals surface area contributed by atoms with E-state index in [1.54, 1.807) is 0 Å². The van der Waals surface area contributed by atoms with E-state index in [0.29, 0.717) is 11.8 Å². The number of nitrogens with zero attached hydrogens (tertiary/aromatic N) is 3. The van der Waals surface area contributed by atoms with Gasteiger partial charge in [-0.3, -0.25) is 9.67 Å². The van der Waals surface area contributed by atoms with Crippen LogP contribution < -0.4 is 0 Å². The molecule has 5 rings (SSSR count). The molecule has 0 aliphatic carbocycles. The molecule has 3 nitrogen and oxygen atoms in total. The molecule has 0 amide bonds. The Labute approximate surface area is 304 Å². The van der Waals surface area contributed by atoms with Crippen molar-refractivity contribution in [1.29, 1.82) is 0 Å². The first kappa shape index (κ1) is 37.5. The molecule has 0 fully saturated rings. The van der Waals surface area contributed by atoms with E-state index < -0.39 is 0 Å². The van der Waals surface area contributed by atoms with E-state index in [0.717, 1.165) is 34.8 Å². The third kappa shape index (κ3) is 8.63. The number of benzene rings is 4. The third-order valence-corrected chi connectivity index (χ3v) is 9.22. The standard InChI is InChI=1S/C44H54N3.Ir/c1-11-12-13-14-16-33-26-39(29(2)3)41(40(27-33)30(4)5)47-43(45-42(46-47)37-24-31(6)23-32(7)25-37)36-18-15-17-35(28-36)34-19-21-38(22-20-34)44(8,9)10;/h15,17,19-30H,11-14,16H2,1-10H3;/q-1;. The van der Waals surface area contributed by atoms with Crippen molar-refractivity contribution in [2.75, 3.05) is 0 Å². The average molecular weight is 817 g/mol. The molecule has 255 valence electrons. The summed E-state index contributed by atoms with van der Waals surface area (Å²) < 4.78 is 2.14. The molecule has 5 aromatic rings. The van der Waals surface area contributed by atoms with Crippen LogP contribution in [0.2, 0.25) is 0 Å². The average Bonchev–Trinajstić information content (AvgIpc) is 3.47. The van der Waals surface area contributed by atoms with E-state index in [1.807, 2.05) is 6.07 Å². The predicted octanol–water partition coefficient (Wildman–Crippen LogP) is 12.3. The van der Waals surface area contributed by atoms with Crippen LogP contribution in [0.3, 0.4) is 0 Å².